The number of ether oxygens (including phenoxy) is 3. The van der Waals surface area contributed by atoms with Crippen LogP contribution in [0.1, 0.15) is 171 Å². The average molecular weight is 843 g/mol. The summed E-state index contributed by atoms with van der Waals surface area (Å²) in [5.41, 5.74) is -1.35. The Balaban J connectivity index is 0.000000138. The van der Waals surface area contributed by atoms with E-state index >= 15 is 0 Å². The van der Waals surface area contributed by atoms with E-state index < -0.39 is 16.4 Å². The maximum absolute atomic E-state index is 12.7. The maximum atomic E-state index is 12.7. The first-order valence-electron chi connectivity index (χ1n) is 24.2. The number of hydrogen-bond donors (Lipinski definition) is 2. The molecule has 338 valence electrons. The fraction of sp³-hybridized carbons (Fsp3) is 0.755. The summed E-state index contributed by atoms with van der Waals surface area (Å²) in [4.78, 5) is 37.1. The van der Waals surface area contributed by atoms with Crippen LogP contribution >= 0.6 is 0 Å². The van der Waals surface area contributed by atoms with Gasteiger partial charge < -0.3 is 24.4 Å². The largest absolute Gasteiger partial charge is 0.507 e. The van der Waals surface area contributed by atoms with Crippen LogP contribution in [0.2, 0.25) is 0 Å². The number of aliphatic hydroxyl groups is 1. The normalized spacial score (nSPS) is 35.2. The highest BCUT2D eigenvalue weighted by Crippen LogP contribution is 2.71. The molecule has 0 spiro atoms. The van der Waals surface area contributed by atoms with E-state index in [-0.39, 0.29) is 46.9 Å². The Morgan fingerprint density at radius 2 is 1.21 bits per heavy atom. The molecular weight excluding hydrogens is 765 g/mol. The number of benzene rings is 2. The zero-order valence-corrected chi connectivity index (χ0v) is 39.2. The van der Waals surface area contributed by atoms with E-state index in [4.69, 9.17) is 14.2 Å². The molecule has 0 aliphatic heterocycles. The summed E-state index contributed by atoms with van der Waals surface area (Å²) < 4.78 is 17.7. The highest BCUT2D eigenvalue weighted by Gasteiger charge is 2.68. The lowest BCUT2D eigenvalue weighted by molar-refractivity contribution is -0.225. The molecule has 0 radical (unpaired) electrons. The van der Waals surface area contributed by atoms with Gasteiger partial charge in [0.1, 0.15) is 23.6 Å². The first-order chi connectivity index (χ1) is 28.6. The summed E-state index contributed by atoms with van der Waals surface area (Å²) in [6.07, 6.45) is 16.0. The Morgan fingerprint density at radius 1 is 0.656 bits per heavy atom. The molecular formula is C53H78O8. The molecule has 9 unspecified atom stereocenters. The number of carbonyl (C=O) groups is 3. The van der Waals surface area contributed by atoms with Gasteiger partial charge in [-0.05, 0) is 190 Å². The monoisotopic (exact) mass is 843 g/mol. The third-order valence-electron chi connectivity index (χ3n) is 17.7. The molecule has 8 aliphatic rings. The number of rotatable bonds is 11. The van der Waals surface area contributed by atoms with Gasteiger partial charge in [-0.15, -0.1) is 0 Å². The van der Waals surface area contributed by atoms with E-state index in [1.807, 2.05) is 79.7 Å². The van der Waals surface area contributed by atoms with Gasteiger partial charge in [-0.2, -0.15) is 0 Å². The second-order valence-electron chi connectivity index (χ2n) is 22.9. The van der Waals surface area contributed by atoms with Crippen LogP contribution in [0.4, 0.5) is 0 Å². The topological polar surface area (TPSA) is 119 Å². The molecule has 61 heavy (non-hydrogen) atoms. The summed E-state index contributed by atoms with van der Waals surface area (Å²) in [5, 5.41) is 22.2. The van der Waals surface area contributed by atoms with Gasteiger partial charge in [0.15, 0.2) is 0 Å². The van der Waals surface area contributed by atoms with Crippen molar-refractivity contribution in [1.82, 2.24) is 0 Å². The second-order valence-corrected chi connectivity index (χ2v) is 22.9. The molecule has 8 aliphatic carbocycles. The Morgan fingerprint density at radius 3 is 1.80 bits per heavy atom. The molecule has 0 heterocycles. The Hall–Kier alpha value is -3.13. The molecule has 8 nitrogen and oxygen atoms in total. The van der Waals surface area contributed by atoms with Crippen LogP contribution in [0.15, 0.2) is 36.4 Å². The summed E-state index contributed by atoms with van der Waals surface area (Å²) in [6, 6.07) is 11.0. The van der Waals surface area contributed by atoms with E-state index in [0.29, 0.717) is 24.2 Å². The molecule has 8 saturated carbocycles. The summed E-state index contributed by atoms with van der Waals surface area (Å²) >= 11 is 0. The number of fused-ring (bicyclic) bond motifs is 10. The number of esters is 3. The van der Waals surface area contributed by atoms with Crippen LogP contribution in [0.3, 0.4) is 0 Å². The number of phenols is 1. The first kappa shape index (κ1) is 45.9. The van der Waals surface area contributed by atoms with Crippen LogP contribution in [0.5, 0.6) is 5.75 Å². The van der Waals surface area contributed by atoms with E-state index in [9.17, 15) is 24.6 Å². The minimum absolute atomic E-state index is 0.0455. The smallest absolute Gasteiger partial charge is 0.312 e. The van der Waals surface area contributed by atoms with E-state index in [1.54, 1.807) is 12.1 Å². The quantitative estimate of drug-likeness (QED) is 0.130. The van der Waals surface area contributed by atoms with Crippen LogP contribution in [-0.2, 0) is 35.2 Å². The first-order valence-corrected chi connectivity index (χ1v) is 24.2. The van der Waals surface area contributed by atoms with Gasteiger partial charge in [0, 0.05) is 17.7 Å². The fourth-order valence-corrected chi connectivity index (χ4v) is 13.5. The SMILES string of the molecule is CCC(C)(C)C(=O)OC1(CC)CC2CC1C1C3CCC(C3)C21.CCC(C)(C)C(=O)OC12CC3CC(CC(O)(C3)C1)C2.CCC(C)(C)C(=O)OCc1cccc2c(O)cccc12. The molecule has 8 fully saturated rings. The summed E-state index contributed by atoms with van der Waals surface area (Å²) in [5.74, 6) is 6.48. The lowest BCUT2D eigenvalue weighted by atomic mass is 9.52. The third kappa shape index (κ3) is 8.75. The van der Waals surface area contributed by atoms with Crippen molar-refractivity contribution in [1.29, 1.82) is 0 Å². The summed E-state index contributed by atoms with van der Waals surface area (Å²) in [6.45, 7) is 20.3. The Bertz CT molecular complexity index is 1930. The number of hydrogen-bond acceptors (Lipinski definition) is 8. The van der Waals surface area contributed by atoms with Crippen molar-refractivity contribution in [2.45, 2.75) is 189 Å². The fourth-order valence-electron chi connectivity index (χ4n) is 13.5. The lowest BCUT2D eigenvalue weighted by Crippen LogP contribution is -2.61. The predicted octanol–water partition coefficient (Wildman–Crippen LogP) is 11.9. The number of aromatic hydroxyl groups is 1. The Kier molecular flexibility index (Phi) is 12.6. The van der Waals surface area contributed by atoms with Crippen molar-refractivity contribution in [3.8, 4) is 5.75 Å². The molecule has 2 N–H and O–H groups in total. The van der Waals surface area contributed by atoms with Gasteiger partial charge in [-0.3, -0.25) is 14.4 Å². The van der Waals surface area contributed by atoms with Gasteiger partial charge in [0.25, 0.3) is 0 Å². The van der Waals surface area contributed by atoms with Gasteiger partial charge in [0.2, 0.25) is 0 Å². The van der Waals surface area contributed by atoms with Crippen molar-refractivity contribution in [2.75, 3.05) is 0 Å². The Labute approximate surface area is 366 Å². The maximum Gasteiger partial charge on any atom is 0.312 e. The molecule has 8 bridgehead atoms. The molecule has 9 atom stereocenters. The zero-order chi connectivity index (χ0) is 44.3. The van der Waals surface area contributed by atoms with Crippen molar-refractivity contribution in [3.63, 3.8) is 0 Å². The van der Waals surface area contributed by atoms with Crippen LogP contribution in [0, 0.1) is 63.6 Å². The standard InChI is InChI=1S/C20H32O2.C17H20O3.C16H26O3/c1-5-19(3,4)18(21)22-20(6-2)11-14-10-15(20)17-13-8-7-12(9-13)16(14)17;1-4-17(2,3)16(19)20-11-12-7-5-9-14-13(12)8-6-10-15(14)18;1-4-14(2,3)13(17)19-16-8-11-5-12(9-16)7-15(18,6-11)10-16/h12-17H,5-11H2,1-4H3;5-10,18H,4,11H2,1-3H3;11-12,18H,4-10H2,1-3H3. The summed E-state index contributed by atoms with van der Waals surface area (Å²) in [7, 11) is 0. The third-order valence-corrected chi connectivity index (χ3v) is 17.7. The second kappa shape index (κ2) is 16.8. The minimum atomic E-state index is -0.555. The average Bonchev–Trinajstić information content (AvgIpc) is 4.01. The van der Waals surface area contributed by atoms with Gasteiger partial charge in [-0.1, -0.05) is 58.0 Å². The van der Waals surface area contributed by atoms with Crippen molar-refractivity contribution in [2.24, 2.45) is 63.6 Å². The molecule has 0 saturated heterocycles. The molecule has 2 aromatic carbocycles. The molecule has 2 aromatic rings. The minimum Gasteiger partial charge on any atom is -0.507 e. The molecule has 0 aromatic heterocycles. The number of phenolic OH excluding ortho intramolecular Hbond substituents is 1. The highest BCUT2D eigenvalue weighted by molar-refractivity contribution is 5.90. The van der Waals surface area contributed by atoms with E-state index in [1.165, 1.54) is 32.1 Å². The van der Waals surface area contributed by atoms with Crippen LogP contribution < -0.4 is 0 Å². The van der Waals surface area contributed by atoms with Gasteiger partial charge in [-0.25, -0.2) is 0 Å². The van der Waals surface area contributed by atoms with Crippen LogP contribution in [0.25, 0.3) is 10.8 Å². The predicted molar refractivity (Wildman–Crippen MR) is 239 cm³/mol. The lowest BCUT2D eigenvalue weighted by Gasteiger charge is -2.59. The molecule has 0 amide bonds. The highest BCUT2D eigenvalue weighted by atomic mass is 16.6. The van der Waals surface area contributed by atoms with Crippen molar-refractivity contribution in [3.05, 3.63) is 42.0 Å². The molecule has 8 heteroatoms. The van der Waals surface area contributed by atoms with E-state index in [2.05, 4.69) is 13.8 Å². The van der Waals surface area contributed by atoms with Gasteiger partial charge >= 0.3 is 17.9 Å². The molecule has 10 rings (SSSR count). The van der Waals surface area contributed by atoms with E-state index in [0.717, 1.165) is 104 Å². The zero-order valence-electron chi connectivity index (χ0n) is 39.2. The van der Waals surface area contributed by atoms with Crippen molar-refractivity contribution >= 4 is 28.7 Å². The van der Waals surface area contributed by atoms with Gasteiger partial charge in [0.05, 0.1) is 21.8 Å². The van der Waals surface area contributed by atoms with Crippen LogP contribution in [-0.4, -0.2) is 44.9 Å². The van der Waals surface area contributed by atoms with Crippen molar-refractivity contribution < 1.29 is 38.8 Å². The number of carbonyl (C=O) groups excluding carboxylic acids is 3.